The van der Waals surface area contributed by atoms with Gasteiger partial charge < -0.3 is 19.0 Å². The van der Waals surface area contributed by atoms with Crippen molar-refractivity contribution in [2.24, 2.45) is 4.99 Å². The van der Waals surface area contributed by atoms with Crippen LogP contribution in [0.25, 0.3) is 6.08 Å². The molecule has 0 aliphatic carbocycles. The Morgan fingerprint density at radius 3 is 2.47 bits per heavy atom. The summed E-state index contributed by atoms with van der Waals surface area (Å²) >= 11 is 0. The lowest BCUT2D eigenvalue weighted by Crippen LogP contribution is -2.38. The third-order valence-corrected chi connectivity index (χ3v) is 5.19. The number of hydrogen-bond acceptors (Lipinski definition) is 6. The van der Waals surface area contributed by atoms with Crippen molar-refractivity contribution in [3.8, 4) is 17.2 Å². The Hall–Kier alpha value is -4.07. The lowest BCUT2D eigenvalue weighted by molar-refractivity contribution is -0.114. The Morgan fingerprint density at radius 1 is 1.00 bits per heavy atom. The summed E-state index contributed by atoms with van der Waals surface area (Å²) in [6.07, 6.45) is 3.21. The summed E-state index contributed by atoms with van der Waals surface area (Å²) in [6.45, 7) is 8.86. The van der Waals surface area contributed by atoms with Gasteiger partial charge in [0.1, 0.15) is 24.7 Å². The van der Waals surface area contributed by atoms with Crippen molar-refractivity contribution in [1.29, 1.82) is 5.41 Å². The van der Waals surface area contributed by atoms with E-state index in [1.54, 1.807) is 37.3 Å². The first-order valence-electron chi connectivity index (χ1n) is 11.1. The Bertz CT molecular complexity index is 1230. The number of carbonyl (C=O) groups excluding carboxylic acids is 1. The zero-order valence-corrected chi connectivity index (χ0v) is 19.7. The van der Waals surface area contributed by atoms with E-state index in [2.05, 4.69) is 11.1 Å². The van der Waals surface area contributed by atoms with Gasteiger partial charge in [-0.05, 0) is 63.1 Å². The van der Waals surface area contributed by atoms with Gasteiger partial charge in [-0.25, -0.2) is 0 Å². The predicted molar refractivity (Wildman–Crippen MR) is 129 cm³/mol. The van der Waals surface area contributed by atoms with Gasteiger partial charge in [-0.3, -0.25) is 10.2 Å². The normalized spacial score (nSPS) is 16.1. The standard InChI is InChI=1S/C26H27N3O5/c1-5-31-23-15-19(14-20-25(27)29-24(28-26(20)30)13-18(4)34-29)7-9-22(23)33-11-10-32-21-8-6-16(2)12-17(21)3/h6-9,12-15,27H,5,10-11H2,1-4H3/b20-14+,27-25?. The van der Waals surface area contributed by atoms with Crippen molar-refractivity contribution in [2.75, 3.05) is 19.8 Å². The Labute approximate surface area is 198 Å². The fraction of sp³-hybridized carbons (Fsp3) is 0.269. The second kappa shape index (κ2) is 9.82. The van der Waals surface area contributed by atoms with E-state index in [-0.39, 0.29) is 11.4 Å². The van der Waals surface area contributed by atoms with E-state index < -0.39 is 5.91 Å². The fourth-order valence-corrected chi connectivity index (χ4v) is 3.63. The summed E-state index contributed by atoms with van der Waals surface area (Å²) in [6, 6.07) is 11.4. The van der Waals surface area contributed by atoms with Crippen molar-refractivity contribution < 1.29 is 23.8 Å². The molecule has 0 fully saturated rings. The maximum absolute atomic E-state index is 12.5. The van der Waals surface area contributed by atoms with Gasteiger partial charge in [0.15, 0.2) is 23.2 Å². The second-order valence-corrected chi connectivity index (χ2v) is 7.93. The van der Waals surface area contributed by atoms with Crippen LogP contribution in [0.3, 0.4) is 0 Å². The molecule has 2 aliphatic heterocycles. The number of rotatable bonds is 8. The number of fused-ring (bicyclic) bond motifs is 1. The number of amidine groups is 2. The molecule has 1 N–H and O–H groups in total. The van der Waals surface area contributed by atoms with Gasteiger partial charge in [-0.15, -0.1) is 5.06 Å². The molecule has 1 amide bonds. The van der Waals surface area contributed by atoms with Gasteiger partial charge in [0, 0.05) is 6.08 Å². The highest BCUT2D eigenvalue weighted by atomic mass is 16.7. The van der Waals surface area contributed by atoms with Crippen LogP contribution in [0.4, 0.5) is 0 Å². The molecule has 0 saturated heterocycles. The first-order valence-corrected chi connectivity index (χ1v) is 11.1. The molecule has 8 heteroatoms. The van der Waals surface area contributed by atoms with Crippen LogP contribution < -0.4 is 14.2 Å². The highest BCUT2D eigenvalue weighted by Gasteiger charge is 2.34. The third kappa shape index (κ3) is 4.96. The molecule has 0 aromatic heterocycles. The van der Waals surface area contributed by atoms with E-state index in [9.17, 15) is 4.79 Å². The first kappa shape index (κ1) is 23.1. The minimum Gasteiger partial charge on any atom is -0.490 e. The molecular weight excluding hydrogens is 434 g/mol. The average Bonchev–Trinajstić information content (AvgIpc) is 3.17. The van der Waals surface area contributed by atoms with Crippen molar-refractivity contribution in [1.82, 2.24) is 5.06 Å². The smallest absolute Gasteiger partial charge is 0.282 e. The quantitative estimate of drug-likeness (QED) is 0.456. The van der Waals surface area contributed by atoms with E-state index >= 15 is 0 Å². The van der Waals surface area contributed by atoms with Crippen LogP contribution >= 0.6 is 0 Å². The summed E-state index contributed by atoms with van der Waals surface area (Å²) in [7, 11) is 0. The minimum atomic E-state index is -0.493. The van der Waals surface area contributed by atoms with Gasteiger partial charge in [0.05, 0.1) is 12.2 Å². The topological polar surface area (TPSA) is 93.4 Å². The Balaban J connectivity index is 1.45. The van der Waals surface area contributed by atoms with Crippen LogP contribution in [-0.2, 0) is 9.63 Å². The third-order valence-electron chi connectivity index (χ3n) is 5.19. The molecule has 0 saturated carbocycles. The largest absolute Gasteiger partial charge is 0.490 e. The number of aryl methyl sites for hydroxylation is 2. The second-order valence-electron chi connectivity index (χ2n) is 7.93. The lowest BCUT2D eigenvalue weighted by atomic mass is 10.1. The van der Waals surface area contributed by atoms with Gasteiger partial charge in [-0.1, -0.05) is 23.8 Å². The first-order chi connectivity index (χ1) is 16.4. The molecule has 0 spiro atoms. The molecule has 0 radical (unpaired) electrons. The number of carbonyl (C=O) groups is 1. The number of ether oxygens (including phenoxy) is 3. The molecule has 2 heterocycles. The summed E-state index contributed by atoms with van der Waals surface area (Å²) < 4.78 is 17.5. The molecule has 2 aliphatic rings. The summed E-state index contributed by atoms with van der Waals surface area (Å²) in [4.78, 5) is 22.0. The van der Waals surface area contributed by atoms with Crippen molar-refractivity contribution in [3.63, 3.8) is 0 Å². The van der Waals surface area contributed by atoms with Crippen molar-refractivity contribution in [3.05, 3.63) is 70.5 Å². The fourth-order valence-electron chi connectivity index (χ4n) is 3.63. The maximum atomic E-state index is 12.5. The summed E-state index contributed by atoms with van der Waals surface area (Å²) in [5.74, 6) is 2.26. The van der Waals surface area contributed by atoms with Gasteiger partial charge in [0.2, 0.25) is 0 Å². The van der Waals surface area contributed by atoms with E-state index in [1.165, 1.54) is 10.6 Å². The number of hydroxylamine groups is 2. The van der Waals surface area contributed by atoms with E-state index in [1.807, 2.05) is 32.9 Å². The van der Waals surface area contributed by atoms with Crippen LogP contribution in [0.2, 0.25) is 0 Å². The number of nitrogens with one attached hydrogen (secondary N) is 1. The van der Waals surface area contributed by atoms with Crippen LogP contribution in [0.1, 0.15) is 30.5 Å². The van der Waals surface area contributed by atoms with Crippen molar-refractivity contribution in [2.45, 2.75) is 27.7 Å². The summed E-state index contributed by atoms with van der Waals surface area (Å²) in [5, 5.41) is 9.59. The van der Waals surface area contributed by atoms with Gasteiger partial charge in [-0.2, -0.15) is 4.99 Å². The number of hydrogen-bond donors (Lipinski definition) is 1. The molecular formula is C26H27N3O5. The molecule has 0 bridgehead atoms. The maximum Gasteiger partial charge on any atom is 0.282 e. The molecule has 2 aromatic carbocycles. The van der Waals surface area contributed by atoms with E-state index in [4.69, 9.17) is 24.5 Å². The molecule has 34 heavy (non-hydrogen) atoms. The Morgan fingerprint density at radius 2 is 1.74 bits per heavy atom. The molecule has 176 valence electrons. The van der Waals surface area contributed by atoms with Crippen LogP contribution in [0, 0.1) is 19.3 Å². The van der Waals surface area contributed by atoms with Gasteiger partial charge >= 0.3 is 0 Å². The zero-order chi connectivity index (χ0) is 24.2. The lowest BCUT2D eigenvalue weighted by Gasteiger charge is -2.23. The average molecular weight is 462 g/mol. The minimum absolute atomic E-state index is 0.0649. The number of amides is 1. The molecule has 2 aromatic rings. The SMILES string of the molecule is CCOc1cc(/C=C2\C(=N)N3OC(C)=CC3=NC2=O)ccc1OCCOc1ccc(C)cc1C. The van der Waals surface area contributed by atoms with E-state index in [0.29, 0.717) is 48.5 Å². The van der Waals surface area contributed by atoms with Crippen LogP contribution in [0.15, 0.2) is 58.8 Å². The number of allylic oxidation sites excluding steroid dienone is 1. The molecule has 0 atom stereocenters. The Kier molecular flexibility index (Phi) is 6.67. The van der Waals surface area contributed by atoms with Crippen LogP contribution in [-0.4, -0.2) is 42.5 Å². The highest BCUT2D eigenvalue weighted by Crippen LogP contribution is 2.31. The van der Waals surface area contributed by atoms with Gasteiger partial charge in [0.25, 0.3) is 5.91 Å². The highest BCUT2D eigenvalue weighted by molar-refractivity contribution is 6.32. The molecule has 0 unspecified atom stereocenters. The molecule has 8 nitrogen and oxygen atoms in total. The monoisotopic (exact) mass is 461 g/mol. The number of nitrogens with zero attached hydrogens (tertiary/aromatic N) is 2. The zero-order valence-electron chi connectivity index (χ0n) is 19.7. The summed E-state index contributed by atoms with van der Waals surface area (Å²) in [5.41, 5.74) is 3.08. The van der Waals surface area contributed by atoms with Crippen LogP contribution in [0.5, 0.6) is 17.2 Å². The predicted octanol–water partition coefficient (Wildman–Crippen LogP) is 4.61. The molecule has 4 rings (SSSR count). The van der Waals surface area contributed by atoms with Crippen molar-refractivity contribution >= 4 is 23.7 Å². The number of benzene rings is 2. The number of aliphatic imine (C=N–C) groups is 1. The van der Waals surface area contributed by atoms with E-state index in [0.717, 1.165) is 11.3 Å².